The largest absolute Gasteiger partial charge is 0.320 e. The van der Waals surface area contributed by atoms with Crippen LogP contribution in [0.4, 0.5) is 5.00 Å². The highest BCUT2D eigenvalue weighted by Gasteiger charge is 2.29. The highest BCUT2D eigenvalue weighted by Crippen LogP contribution is 2.55. The molecule has 2 heterocycles. The Bertz CT molecular complexity index is 870. The third-order valence-corrected chi connectivity index (χ3v) is 6.46. The molecule has 4 rings (SSSR count). The first-order chi connectivity index (χ1) is 11.3. The molecule has 23 heavy (non-hydrogen) atoms. The fourth-order valence-electron chi connectivity index (χ4n) is 2.93. The number of carbonyl (C=O) groups excluding carboxylic acids is 1. The van der Waals surface area contributed by atoms with Crippen LogP contribution in [0.1, 0.15) is 21.9 Å². The maximum Gasteiger partial charge on any atom is 0.212 e. The number of benzene rings is 2. The number of aryl methyl sites for hydroxylation is 1. The van der Waals surface area contributed by atoms with Crippen molar-refractivity contribution in [2.24, 2.45) is 0 Å². The molecule has 1 aliphatic heterocycles. The minimum absolute atomic E-state index is 0.264. The Morgan fingerprint density at radius 2 is 1.91 bits per heavy atom. The van der Waals surface area contributed by atoms with Gasteiger partial charge in [0, 0.05) is 15.3 Å². The molecule has 114 valence electrons. The van der Waals surface area contributed by atoms with Crippen molar-refractivity contribution in [3.8, 4) is 10.4 Å². The number of carbonyl (C=O) groups is 1. The Morgan fingerprint density at radius 1 is 1.09 bits per heavy atom. The van der Waals surface area contributed by atoms with Crippen LogP contribution in [0.25, 0.3) is 10.4 Å². The minimum Gasteiger partial charge on any atom is -0.320 e. The predicted octanol–water partition coefficient (Wildman–Crippen LogP) is 5.49. The van der Waals surface area contributed by atoms with E-state index in [1.165, 1.54) is 32.0 Å². The van der Waals surface area contributed by atoms with Gasteiger partial charge in [-0.25, -0.2) is 0 Å². The smallest absolute Gasteiger partial charge is 0.212 e. The van der Waals surface area contributed by atoms with E-state index in [1.807, 2.05) is 17.8 Å². The lowest BCUT2D eigenvalue weighted by Crippen LogP contribution is -2.02. The molecule has 2 nitrogen and oxygen atoms in total. The zero-order valence-electron chi connectivity index (χ0n) is 12.6. The summed E-state index contributed by atoms with van der Waals surface area (Å²) in [5, 5.41) is 3.98. The molecular formula is C19H15NOS2. The van der Waals surface area contributed by atoms with E-state index in [-0.39, 0.29) is 5.25 Å². The number of thiophene rings is 1. The minimum atomic E-state index is 0.264. The first-order valence-electron chi connectivity index (χ1n) is 7.43. The van der Waals surface area contributed by atoms with Crippen LogP contribution in [0.2, 0.25) is 0 Å². The third kappa shape index (κ3) is 2.58. The van der Waals surface area contributed by atoms with Gasteiger partial charge in [0.2, 0.25) is 6.41 Å². The summed E-state index contributed by atoms with van der Waals surface area (Å²) in [5.41, 5.74) is 5.11. The Kier molecular flexibility index (Phi) is 3.71. The topological polar surface area (TPSA) is 29.1 Å². The zero-order valence-corrected chi connectivity index (χ0v) is 14.2. The second-order valence-electron chi connectivity index (χ2n) is 5.57. The van der Waals surface area contributed by atoms with E-state index in [0.717, 1.165) is 11.4 Å². The number of nitrogens with one attached hydrogen (secondary N) is 1. The van der Waals surface area contributed by atoms with E-state index in [4.69, 9.17) is 0 Å². The summed E-state index contributed by atoms with van der Waals surface area (Å²) in [5.74, 6) is 0. The first kappa shape index (κ1) is 14.5. The number of hydrogen-bond donors (Lipinski definition) is 1. The Hall–Kier alpha value is -2.04. The van der Waals surface area contributed by atoms with Crippen molar-refractivity contribution in [2.45, 2.75) is 17.1 Å². The second-order valence-corrected chi connectivity index (χ2v) is 7.76. The van der Waals surface area contributed by atoms with Gasteiger partial charge in [0.1, 0.15) is 0 Å². The average Bonchev–Trinajstić information content (AvgIpc) is 2.99. The van der Waals surface area contributed by atoms with E-state index in [1.54, 1.807) is 11.3 Å². The van der Waals surface area contributed by atoms with Crippen LogP contribution in [0.5, 0.6) is 0 Å². The predicted molar refractivity (Wildman–Crippen MR) is 98.3 cm³/mol. The van der Waals surface area contributed by atoms with Crippen molar-refractivity contribution in [2.75, 3.05) is 5.32 Å². The molecule has 0 saturated carbocycles. The molecule has 0 radical (unpaired) electrons. The highest BCUT2D eigenvalue weighted by atomic mass is 32.2. The quantitative estimate of drug-likeness (QED) is 0.641. The molecule has 0 saturated heterocycles. The Morgan fingerprint density at radius 3 is 2.70 bits per heavy atom. The fraction of sp³-hybridized carbons (Fsp3) is 0.105. The lowest BCUT2D eigenvalue weighted by molar-refractivity contribution is -0.105. The van der Waals surface area contributed by atoms with Gasteiger partial charge < -0.3 is 5.32 Å². The molecule has 1 N–H and O–H groups in total. The average molecular weight is 337 g/mol. The number of thioether (sulfide) groups is 1. The number of fused-ring (bicyclic) bond motifs is 3. The van der Waals surface area contributed by atoms with Crippen molar-refractivity contribution in [1.82, 2.24) is 0 Å². The molecule has 1 aromatic heterocycles. The SMILES string of the molecule is Cc1ccc2c(c1)-c1sc(NC=O)cc1C(c1ccccc1)S2. The molecule has 3 aromatic rings. The lowest BCUT2D eigenvalue weighted by Gasteiger charge is -2.25. The van der Waals surface area contributed by atoms with Crippen molar-refractivity contribution in [3.05, 3.63) is 71.3 Å². The lowest BCUT2D eigenvalue weighted by atomic mass is 10.00. The van der Waals surface area contributed by atoms with E-state index >= 15 is 0 Å². The third-order valence-electron chi connectivity index (χ3n) is 3.97. The summed E-state index contributed by atoms with van der Waals surface area (Å²) in [6, 6.07) is 19.3. The number of anilines is 1. The van der Waals surface area contributed by atoms with Gasteiger partial charge >= 0.3 is 0 Å². The molecule has 0 spiro atoms. The summed E-state index contributed by atoms with van der Waals surface area (Å²) in [7, 11) is 0. The summed E-state index contributed by atoms with van der Waals surface area (Å²) in [4.78, 5) is 13.4. The molecule has 1 atom stereocenters. The monoisotopic (exact) mass is 337 g/mol. The molecule has 0 fully saturated rings. The molecule has 1 aliphatic rings. The summed E-state index contributed by atoms with van der Waals surface area (Å²) in [6.45, 7) is 2.12. The maximum atomic E-state index is 10.8. The summed E-state index contributed by atoms with van der Waals surface area (Å²) >= 11 is 3.54. The molecule has 1 amide bonds. The van der Waals surface area contributed by atoms with Crippen molar-refractivity contribution in [1.29, 1.82) is 0 Å². The fourth-order valence-corrected chi connectivity index (χ4v) is 5.45. The van der Waals surface area contributed by atoms with Crippen LogP contribution in [0.15, 0.2) is 59.5 Å². The van der Waals surface area contributed by atoms with Gasteiger partial charge in [0.25, 0.3) is 0 Å². The standard InChI is InChI=1S/C19H15NOS2/c1-12-7-8-16-14(9-12)19-15(10-17(23-19)20-11-21)18(22-16)13-5-3-2-4-6-13/h2-11,18H,1H3,(H,20,21). The molecule has 0 aliphatic carbocycles. The van der Waals surface area contributed by atoms with Crippen LogP contribution < -0.4 is 5.32 Å². The van der Waals surface area contributed by atoms with Crippen LogP contribution in [0, 0.1) is 6.92 Å². The zero-order chi connectivity index (χ0) is 15.8. The molecular weight excluding hydrogens is 322 g/mol. The van der Waals surface area contributed by atoms with E-state index in [9.17, 15) is 4.79 Å². The number of amides is 1. The molecule has 1 unspecified atom stereocenters. The van der Waals surface area contributed by atoms with Gasteiger partial charge in [-0.2, -0.15) is 0 Å². The van der Waals surface area contributed by atoms with Crippen LogP contribution in [-0.4, -0.2) is 6.41 Å². The van der Waals surface area contributed by atoms with Crippen LogP contribution in [-0.2, 0) is 4.79 Å². The van der Waals surface area contributed by atoms with Crippen LogP contribution in [0.3, 0.4) is 0 Å². The van der Waals surface area contributed by atoms with Gasteiger partial charge in [-0.15, -0.1) is 23.1 Å². The molecule has 2 aromatic carbocycles. The molecule has 0 bridgehead atoms. The van der Waals surface area contributed by atoms with Crippen molar-refractivity contribution < 1.29 is 4.79 Å². The van der Waals surface area contributed by atoms with Crippen LogP contribution >= 0.6 is 23.1 Å². The Balaban J connectivity index is 1.90. The second kappa shape index (κ2) is 5.87. The van der Waals surface area contributed by atoms with Gasteiger partial charge in [-0.3, -0.25) is 4.79 Å². The van der Waals surface area contributed by atoms with Gasteiger partial charge in [-0.05, 0) is 36.2 Å². The highest BCUT2D eigenvalue weighted by molar-refractivity contribution is 8.00. The van der Waals surface area contributed by atoms with Gasteiger partial charge in [0.05, 0.1) is 10.3 Å². The molecule has 4 heteroatoms. The van der Waals surface area contributed by atoms with Crippen molar-refractivity contribution >= 4 is 34.5 Å². The maximum absolute atomic E-state index is 10.8. The van der Waals surface area contributed by atoms with Gasteiger partial charge in [-0.1, -0.05) is 42.0 Å². The first-order valence-corrected chi connectivity index (χ1v) is 9.12. The summed E-state index contributed by atoms with van der Waals surface area (Å²) in [6.07, 6.45) is 0.749. The van der Waals surface area contributed by atoms with E-state index < -0.39 is 0 Å². The Labute approximate surface area is 143 Å². The number of hydrogen-bond acceptors (Lipinski definition) is 3. The summed E-state index contributed by atoms with van der Waals surface area (Å²) < 4.78 is 0. The van der Waals surface area contributed by atoms with Crippen molar-refractivity contribution in [3.63, 3.8) is 0 Å². The van der Waals surface area contributed by atoms with E-state index in [0.29, 0.717) is 0 Å². The van der Waals surface area contributed by atoms with E-state index in [2.05, 4.69) is 60.8 Å². The number of rotatable bonds is 3. The van der Waals surface area contributed by atoms with Gasteiger partial charge in [0.15, 0.2) is 0 Å². The normalized spacial score (nSPS) is 15.6.